The minimum Gasteiger partial charge on any atom is -0.0680 e. The quantitative estimate of drug-likeness (QED) is 0.389. The van der Waals surface area contributed by atoms with Crippen LogP contribution < -0.4 is 0 Å². The molecule has 0 aliphatic heterocycles. The molecule has 0 heterocycles. The summed E-state index contributed by atoms with van der Waals surface area (Å²) in [5, 5.41) is 0.982. The fourth-order valence-electron chi connectivity index (χ4n) is 3.84. The van der Waals surface area contributed by atoms with Gasteiger partial charge in [0.15, 0.2) is 0 Å². The number of hydrogen-bond donors (Lipinski definition) is 0. The summed E-state index contributed by atoms with van der Waals surface area (Å²) in [5.41, 5.74) is 1.98. The van der Waals surface area contributed by atoms with Gasteiger partial charge in [-0.3, -0.25) is 0 Å². The molecule has 0 bridgehead atoms. The van der Waals surface area contributed by atoms with E-state index >= 15 is 0 Å². The molecule has 0 saturated heterocycles. The molecule has 0 unspecified atom stereocenters. The molecule has 1 rings (SSSR count). The van der Waals surface area contributed by atoms with Crippen LogP contribution in [-0.2, 0) is 0 Å². The van der Waals surface area contributed by atoms with E-state index in [2.05, 4.69) is 48.1 Å². The molecule has 0 aromatic heterocycles. The van der Waals surface area contributed by atoms with Crippen molar-refractivity contribution in [2.45, 2.75) is 96.7 Å². The van der Waals surface area contributed by atoms with Crippen LogP contribution in [0.25, 0.3) is 0 Å². The van der Waals surface area contributed by atoms with Crippen LogP contribution in [-0.4, -0.2) is 8.07 Å². The Balaban J connectivity index is 3.05. The molecule has 0 amide bonds. The van der Waals surface area contributed by atoms with Crippen LogP contribution in [0.4, 0.5) is 0 Å². The van der Waals surface area contributed by atoms with Crippen LogP contribution in [0.5, 0.6) is 0 Å². The fraction of sp³-hybridized carbons (Fsp3) is 0.938. The Labute approximate surface area is 111 Å². The molecular weight excluding hydrogens is 220 g/mol. The van der Waals surface area contributed by atoms with Crippen molar-refractivity contribution in [3.63, 3.8) is 0 Å². The average molecular weight is 254 g/mol. The second-order valence-electron chi connectivity index (χ2n) is 8.14. The Morgan fingerprint density at radius 3 is 1.35 bits per heavy atom. The number of rotatable bonds is 1. The maximum Gasteiger partial charge on any atom is 0.0677 e. The summed E-state index contributed by atoms with van der Waals surface area (Å²) in [6.45, 7) is 17.6. The van der Waals surface area contributed by atoms with E-state index in [1.165, 1.54) is 38.5 Å². The van der Waals surface area contributed by atoms with Crippen molar-refractivity contribution in [1.29, 1.82) is 0 Å². The van der Waals surface area contributed by atoms with E-state index in [1.54, 1.807) is 0 Å². The lowest BCUT2D eigenvalue weighted by Crippen LogP contribution is -2.54. The van der Waals surface area contributed by atoms with E-state index in [0.29, 0.717) is 10.1 Å². The summed E-state index contributed by atoms with van der Waals surface area (Å²) in [4.78, 5) is 0. The van der Waals surface area contributed by atoms with Crippen molar-refractivity contribution in [2.75, 3.05) is 0 Å². The third kappa shape index (κ3) is 2.97. The molecule has 1 aliphatic carbocycles. The Kier molecular flexibility index (Phi) is 4.55. The van der Waals surface area contributed by atoms with Gasteiger partial charge in [-0.15, -0.1) is 0 Å². The monoisotopic (exact) mass is 253 g/mol. The maximum atomic E-state index is 2.66. The highest BCUT2D eigenvalue weighted by Crippen LogP contribution is 2.57. The second kappa shape index (κ2) is 5.07. The zero-order chi connectivity index (χ0) is 13.3. The molecule has 0 aromatic rings. The zero-order valence-electron chi connectivity index (χ0n) is 13.2. The molecule has 1 aliphatic rings. The standard InChI is InChI=1S/C16H33Si/c1-15(2,3)17(7,16(4,5)6)14-12-10-8-9-11-13-14/h8-13H2,1-7H3. The molecule has 1 radical (unpaired) electrons. The molecule has 101 valence electrons. The van der Waals surface area contributed by atoms with Crippen LogP contribution in [0.15, 0.2) is 0 Å². The van der Waals surface area contributed by atoms with Crippen LogP contribution in [0, 0.1) is 5.54 Å². The molecule has 1 heteroatoms. The van der Waals surface area contributed by atoms with Crippen molar-refractivity contribution >= 4 is 8.07 Å². The highest BCUT2D eigenvalue weighted by Gasteiger charge is 2.53. The lowest BCUT2D eigenvalue weighted by molar-refractivity contribution is 0.593. The highest BCUT2D eigenvalue weighted by molar-refractivity contribution is 6.88. The van der Waals surface area contributed by atoms with Gasteiger partial charge >= 0.3 is 0 Å². The Morgan fingerprint density at radius 1 is 0.706 bits per heavy atom. The Morgan fingerprint density at radius 2 is 1.06 bits per heavy atom. The van der Waals surface area contributed by atoms with E-state index in [0.717, 1.165) is 0 Å². The molecular formula is C16H33Si. The van der Waals surface area contributed by atoms with Crippen molar-refractivity contribution in [2.24, 2.45) is 0 Å². The third-order valence-corrected chi connectivity index (χ3v) is 13.3. The molecule has 0 aromatic carbocycles. The first-order chi connectivity index (χ1) is 7.61. The minimum absolute atomic E-state index is 0.491. The molecule has 0 N–H and O–H groups in total. The van der Waals surface area contributed by atoms with Crippen LogP contribution in [0.3, 0.4) is 0 Å². The van der Waals surface area contributed by atoms with Gasteiger partial charge in [-0.1, -0.05) is 73.8 Å². The van der Waals surface area contributed by atoms with E-state index in [4.69, 9.17) is 0 Å². The van der Waals surface area contributed by atoms with Crippen molar-refractivity contribution in [3.05, 3.63) is 5.54 Å². The SMILES string of the molecule is CC(C)(C)[Si](C)([C]1CCCCCC1)C(C)(C)C. The van der Waals surface area contributed by atoms with Crippen LogP contribution in [0.1, 0.15) is 80.1 Å². The normalized spacial score (nSPS) is 21.4. The number of hydrogen-bond acceptors (Lipinski definition) is 0. The second-order valence-corrected chi connectivity index (χ2v) is 14.1. The molecule has 0 nitrogen and oxygen atoms in total. The molecule has 0 atom stereocenters. The van der Waals surface area contributed by atoms with Crippen molar-refractivity contribution < 1.29 is 0 Å². The lowest BCUT2D eigenvalue weighted by Gasteiger charge is -2.54. The first kappa shape index (κ1) is 15.3. The zero-order valence-corrected chi connectivity index (χ0v) is 14.2. The van der Waals surface area contributed by atoms with E-state index < -0.39 is 8.07 Å². The summed E-state index contributed by atoms with van der Waals surface area (Å²) < 4.78 is 0. The summed E-state index contributed by atoms with van der Waals surface area (Å²) >= 11 is 0. The maximum absolute atomic E-state index is 2.66. The Bertz CT molecular complexity index is 219. The predicted molar refractivity (Wildman–Crippen MR) is 82.0 cm³/mol. The van der Waals surface area contributed by atoms with Gasteiger partial charge in [0, 0.05) is 0 Å². The van der Waals surface area contributed by atoms with Gasteiger partial charge in [-0.25, -0.2) is 0 Å². The smallest absolute Gasteiger partial charge is 0.0677 e. The van der Waals surface area contributed by atoms with Crippen molar-refractivity contribution in [1.82, 2.24) is 0 Å². The molecule has 17 heavy (non-hydrogen) atoms. The van der Waals surface area contributed by atoms with Crippen LogP contribution in [0.2, 0.25) is 16.6 Å². The predicted octanol–water partition coefficient (Wildman–Crippen LogP) is 6.13. The van der Waals surface area contributed by atoms with Gasteiger partial charge in [-0.2, -0.15) is 0 Å². The molecule has 0 spiro atoms. The van der Waals surface area contributed by atoms with Gasteiger partial charge in [0.05, 0.1) is 8.07 Å². The summed E-state index contributed by atoms with van der Waals surface area (Å²) in [6.07, 6.45) is 8.67. The minimum atomic E-state index is -1.37. The van der Waals surface area contributed by atoms with Gasteiger partial charge in [0.1, 0.15) is 0 Å². The highest BCUT2D eigenvalue weighted by atomic mass is 28.3. The average Bonchev–Trinajstić information content (AvgIpc) is 2.40. The fourth-order valence-corrected chi connectivity index (χ4v) is 9.57. The summed E-state index contributed by atoms with van der Waals surface area (Å²) in [5.74, 6) is 0. The van der Waals surface area contributed by atoms with Gasteiger partial charge in [-0.05, 0) is 28.5 Å². The lowest BCUT2D eigenvalue weighted by atomic mass is 10.2. The largest absolute Gasteiger partial charge is 0.0680 e. The third-order valence-electron chi connectivity index (χ3n) is 5.41. The van der Waals surface area contributed by atoms with E-state index in [-0.39, 0.29) is 0 Å². The molecule has 1 saturated carbocycles. The van der Waals surface area contributed by atoms with E-state index in [1.807, 2.05) is 5.54 Å². The summed E-state index contributed by atoms with van der Waals surface area (Å²) in [7, 11) is -1.37. The Hall–Kier alpha value is 0.217. The van der Waals surface area contributed by atoms with E-state index in [9.17, 15) is 0 Å². The van der Waals surface area contributed by atoms with Crippen molar-refractivity contribution in [3.8, 4) is 0 Å². The van der Waals surface area contributed by atoms with Gasteiger partial charge in [0.25, 0.3) is 0 Å². The van der Waals surface area contributed by atoms with Crippen LogP contribution >= 0.6 is 0 Å². The molecule has 1 fully saturated rings. The van der Waals surface area contributed by atoms with Gasteiger partial charge in [0.2, 0.25) is 0 Å². The topological polar surface area (TPSA) is 0 Å². The summed E-state index contributed by atoms with van der Waals surface area (Å²) in [6, 6.07) is 0. The first-order valence-electron chi connectivity index (χ1n) is 7.46. The van der Waals surface area contributed by atoms with Gasteiger partial charge < -0.3 is 0 Å². The first-order valence-corrected chi connectivity index (χ1v) is 9.96.